The zero-order chi connectivity index (χ0) is 20.8. The fourth-order valence-corrected chi connectivity index (χ4v) is 2.93. The number of hydrogen-bond donors (Lipinski definition) is 2. The van der Waals surface area contributed by atoms with Crippen molar-refractivity contribution in [2.45, 2.75) is 31.5 Å². The summed E-state index contributed by atoms with van der Waals surface area (Å²) in [5.41, 5.74) is 7.08. The Morgan fingerprint density at radius 3 is 2.31 bits per heavy atom. The van der Waals surface area contributed by atoms with E-state index in [9.17, 15) is 19.2 Å². The summed E-state index contributed by atoms with van der Waals surface area (Å²) in [5, 5.41) is 2.36. The Kier molecular flexibility index (Phi) is 6.36. The second kappa shape index (κ2) is 9.11. The zero-order valence-corrected chi connectivity index (χ0v) is 15.6. The molecule has 29 heavy (non-hydrogen) atoms. The minimum atomic E-state index is -1.36. The quantitative estimate of drug-likeness (QED) is 0.397. The number of ketones is 1. The molecule has 2 aromatic carbocycles. The number of rotatable bonds is 8. The van der Waals surface area contributed by atoms with Crippen molar-refractivity contribution in [3.63, 3.8) is 0 Å². The first-order chi connectivity index (χ1) is 14.0. The maximum atomic E-state index is 12.5. The van der Waals surface area contributed by atoms with E-state index in [0.29, 0.717) is 5.69 Å². The number of imide groups is 1. The Hall–Kier alpha value is -3.52. The molecule has 8 nitrogen and oxygen atoms in total. The predicted octanol–water partition coefficient (Wildman–Crippen LogP) is 1.53. The van der Waals surface area contributed by atoms with Gasteiger partial charge in [-0.2, -0.15) is 0 Å². The van der Waals surface area contributed by atoms with Gasteiger partial charge in [0.1, 0.15) is 6.61 Å². The highest BCUT2D eigenvalue weighted by Gasteiger charge is 2.44. The number of anilines is 1. The van der Waals surface area contributed by atoms with Crippen LogP contribution in [0.15, 0.2) is 60.7 Å². The van der Waals surface area contributed by atoms with E-state index in [-0.39, 0.29) is 19.4 Å². The highest BCUT2D eigenvalue weighted by molar-refractivity contribution is 6.28. The van der Waals surface area contributed by atoms with E-state index < -0.39 is 35.8 Å². The topological polar surface area (TPSA) is 119 Å². The first-order valence-electron chi connectivity index (χ1n) is 9.15. The van der Waals surface area contributed by atoms with Crippen molar-refractivity contribution in [1.82, 2.24) is 5.32 Å². The number of carbonyl (C=O) groups is 4. The van der Waals surface area contributed by atoms with Gasteiger partial charge in [0.05, 0.1) is 11.7 Å². The summed E-state index contributed by atoms with van der Waals surface area (Å²) in [7, 11) is 0. The van der Waals surface area contributed by atoms with Gasteiger partial charge in [0.25, 0.3) is 5.91 Å². The Morgan fingerprint density at radius 1 is 1.03 bits per heavy atom. The number of urea groups is 1. The van der Waals surface area contributed by atoms with Crippen molar-refractivity contribution in [1.29, 1.82) is 0 Å². The van der Waals surface area contributed by atoms with Crippen LogP contribution in [0, 0.1) is 0 Å². The van der Waals surface area contributed by atoms with Crippen LogP contribution in [-0.4, -0.2) is 35.8 Å². The van der Waals surface area contributed by atoms with Crippen molar-refractivity contribution in [3.8, 4) is 0 Å². The average Bonchev–Trinajstić information content (AvgIpc) is 3.05. The molecule has 3 amide bonds. The van der Waals surface area contributed by atoms with Crippen molar-refractivity contribution < 1.29 is 23.9 Å². The average molecular weight is 395 g/mol. The summed E-state index contributed by atoms with van der Waals surface area (Å²) < 4.78 is 5.15. The van der Waals surface area contributed by atoms with Crippen LogP contribution in [-0.2, 0) is 25.7 Å². The summed E-state index contributed by atoms with van der Waals surface area (Å²) in [6.45, 7) is 0.131. The van der Waals surface area contributed by atoms with Gasteiger partial charge in [0.2, 0.25) is 0 Å². The number of benzene rings is 2. The van der Waals surface area contributed by atoms with Crippen LogP contribution in [0.1, 0.15) is 18.4 Å². The summed E-state index contributed by atoms with van der Waals surface area (Å²) in [5.74, 6) is -1.82. The van der Waals surface area contributed by atoms with E-state index in [1.54, 1.807) is 30.3 Å². The first-order valence-corrected chi connectivity index (χ1v) is 9.15. The molecule has 150 valence electrons. The molecule has 1 saturated heterocycles. The van der Waals surface area contributed by atoms with Crippen molar-refractivity contribution >= 4 is 29.4 Å². The SMILES string of the molecule is N[C@@H](CCC(=O)OCc1ccccc1)C(=O)C1NC(=O)N(c2ccccc2)C1=O. The summed E-state index contributed by atoms with van der Waals surface area (Å²) in [6, 6.07) is 14.3. The monoisotopic (exact) mass is 395 g/mol. The second-order valence-electron chi connectivity index (χ2n) is 6.59. The standard InChI is InChI=1S/C21H21N3O5/c22-16(11-12-17(25)29-13-14-7-3-1-4-8-14)19(26)18-20(27)24(21(28)23-18)15-9-5-2-6-10-15/h1-10,16,18H,11-13,22H2,(H,23,28)/t16-,18?/m0/s1. The van der Waals surface area contributed by atoms with Crippen LogP contribution in [0.25, 0.3) is 0 Å². The molecule has 0 aromatic heterocycles. The van der Waals surface area contributed by atoms with Crippen LogP contribution in [0.5, 0.6) is 0 Å². The zero-order valence-electron chi connectivity index (χ0n) is 15.6. The molecule has 2 aromatic rings. The molecule has 8 heteroatoms. The largest absolute Gasteiger partial charge is 0.461 e. The summed E-state index contributed by atoms with van der Waals surface area (Å²) in [6.07, 6.45) is -0.0611. The van der Waals surface area contributed by atoms with Crippen molar-refractivity contribution in [3.05, 3.63) is 66.2 Å². The Bertz CT molecular complexity index is 901. The van der Waals surface area contributed by atoms with Crippen LogP contribution >= 0.6 is 0 Å². The van der Waals surface area contributed by atoms with E-state index >= 15 is 0 Å². The van der Waals surface area contributed by atoms with Gasteiger partial charge in [-0.05, 0) is 24.1 Å². The van der Waals surface area contributed by atoms with Crippen molar-refractivity contribution in [2.75, 3.05) is 4.90 Å². The number of nitrogens with one attached hydrogen (secondary N) is 1. The van der Waals surface area contributed by atoms with Gasteiger partial charge < -0.3 is 15.8 Å². The number of para-hydroxylation sites is 1. The van der Waals surface area contributed by atoms with E-state index in [2.05, 4.69) is 5.32 Å². The minimum absolute atomic E-state index is 0.0114. The molecule has 3 rings (SSSR count). The molecule has 0 radical (unpaired) electrons. The predicted molar refractivity (Wildman–Crippen MR) is 105 cm³/mol. The van der Waals surface area contributed by atoms with Gasteiger partial charge in [0.15, 0.2) is 11.8 Å². The van der Waals surface area contributed by atoms with E-state index in [1.165, 1.54) is 0 Å². The van der Waals surface area contributed by atoms with Gasteiger partial charge >= 0.3 is 12.0 Å². The molecule has 1 aliphatic heterocycles. The highest BCUT2D eigenvalue weighted by atomic mass is 16.5. The van der Waals surface area contributed by atoms with Gasteiger partial charge in [0, 0.05) is 6.42 Å². The van der Waals surface area contributed by atoms with Gasteiger partial charge in [-0.25, -0.2) is 9.69 Å². The van der Waals surface area contributed by atoms with E-state index in [0.717, 1.165) is 10.5 Å². The molecule has 0 spiro atoms. The normalized spacial score (nSPS) is 17.0. The van der Waals surface area contributed by atoms with Gasteiger partial charge in [-0.15, -0.1) is 0 Å². The molecular weight excluding hydrogens is 374 g/mol. The molecular formula is C21H21N3O5. The van der Waals surface area contributed by atoms with Crippen LogP contribution in [0.3, 0.4) is 0 Å². The number of Topliss-reactive ketones (excluding diaryl/α,β-unsaturated/α-hetero) is 1. The third-order valence-corrected chi connectivity index (χ3v) is 4.50. The molecule has 1 aliphatic rings. The number of nitrogens with zero attached hydrogens (tertiary/aromatic N) is 1. The van der Waals surface area contributed by atoms with Gasteiger partial charge in [-0.3, -0.25) is 14.4 Å². The fraction of sp³-hybridized carbons (Fsp3) is 0.238. The number of hydrogen-bond acceptors (Lipinski definition) is 6. The molecule has 3 N–H and O–H groups in total. The molecule has 1 unspecified atom stereocenters. The smallest absolute Gasteiger partial charge is 0.329 e. The van der Waals surface area contributed by atoms with Crippen molar-refractivity contribution in [2.24, 2.45) is 5.73 Å². The second-order valence-corrected chi connectivity index (χ2v) is 6.59. The molecule has 1 fully saturated rings. The number of esters is 1. The minimum Gasteiger partial charge on any atom is -0.461 e. The van der Waals surface area contributed by atoms with Gasteiger partial charge in [-0.1, -0.05) is 48.5 Å². The lowest BCUT2D eigenvalue weighted by atomic mass is 10.0. The maximum absolute atomic E-state index is 12.5. The Balaban J connectivity index is 1.51. The number of carbonyl (C=O) groups excluding carboxylic acids is 4. The fourth-order valence-electron chi connectivity index (χ4n) is 2.93. The molecule has 1 heterocycles. The van der Waals surface area contributed by atoms with Crippen LogP contribution < -0.4 is 16.0 Å². The van der Waals surface area contributed by atoms with Crippen LogP contribution in [0.2, 0.25) is 0 Å². The third-order valence-electron chi connectivity index (χ3n) is 4.50. The van der Waals surface area contributed by atoms with E-state index in [1.807, 2.05) is 30.3 Å². The van der Waals surface area contributed by atoms with E-state index in [4.69, 9.17) is 10.5 Å². The lowest BCUT2D eigenvalue weighted by molar-refractivity contribution is -0.145. The first kappa shape index (κ1) is 20.2. The molecule has 0 bridgehead atoms. The summed E-state index contributed by atoms with van der Waals surface area (Å²) in [4.78, 5) is 50.0. The number of amides is 3. The van der Waals surface area contributed by atoms with Crippen LogP contribution in [0.4, 0.5) is 10.5 Å². The third kappa shape index (κ3) is 4.85. The molecule has 0 saturated carbocycles. The Labute approximate surface area is 167 Å². The summed E-state index contributed by atoms with van der Waals surface area (Å²) >= 11 is 0. The number of nitrogens with two attached hydrogens (primary N) is 1. The highest BCUT2D eigenvalue weighted by Crippen LogP contribution is 2.20. The lowest BCUT2D eigenvalue weighted by Crippen LogP contribution is -2.47. The Morgan fingerprint density at radius 2 is 1.66 bits per heavy atom. The lowest BCUT2D eigenvalue weighted by Gasteiger charge is -2.15. The molecule has 2 atom stereocenters. The maximum Gasteiger partial charge on any atom is 0.329 e. The number of ether oxygens (including phenoxy) is 1. The molecule has 0 aliphatic carbocycles.